The van der Waals surface area contributed by atoms with Crippen molar-refractivity contribution in [1.29, 1.82) is 0 Å². The van der Waals surface area contributed by atoms with Crippen LogP contribution in [-0.2, 0) is 6.42 Å². The molecule has 2 rings (SSSR count). The van der Waals surface area contributed by atoms with E-state index >= 15 is 0 Å². The van der Waals surface area contributed by atoms with Gasteiger partial charge in [0.25, 0.3) is 0 Å². The zero-order valence-corrected chi connectivity index (χ0v) is 10.2. The molecule has 0 fully saturated rings. The maximum Gasteiger partial charge on any atom is 0.180 e. The van der Waals surface area contributed by atoms with Gasteiger partial charge in [-0.15, -0.1) is 23.4 Å². The van der Waals surface area contributed by atoms with E-state index in [0.29, 0.717) is 0 Å². The van der Waals surface area contributed by atoms with Crippen LogP contribution in [0.15, 0.2) is 23.1 Å². The standard InChI is InChI=1S/C12H13ClOS/c1-8(13)12(14)10-4-5-11-9(7-10)3-2-6-15-11/h4-5,7-8H,2-3,6H2,1H3. The number of benzene rings is 1. The number of aryl methyl sites for hydroxylation is 1. The van der Waals surface area contributed by atoms with Gasteiger partial charge in [0, 0.05) is 10.5 Å². The van der Waals surface area contributed by atoms with Crippen molar-refractivity contribution in [2.24, 2.45) is 0 Å². The lowest BCUT2D eigenvalue weighted by molar-refractivity contribution is 0.0991. The van der Waals surface area contributed by atoms with Gasteiger partial charge in [-0.3, -0.25) is 4.79 Å². The zero-order valence-electron chi connectivity index (χ0n) is 8.63. The van der Waals surface area contributed by atoms with Crippen molar-refractivity contribution >= 4 is 29.1 Å². The highest BCUT2D eigenvalue weighted by atomic mass is 35.5. The summed E-state index contributed by atoms with van der Waals surface area (Å²) in [4.78, 5) is 13.0. The van der Waals surface area contributed by atoms with Crippen LogP contribution < -0.4 is 0 Å². The van der Waals surface area contributed by atoms with Crippen molar-refractivity contribution in [3.8, 4) is 0 Å². The highest BCUT2D eigenvalue weighted by Gasteiger charge is 2.15. The molecule has 0 saturated carbocycles. The number of Topliss-reactive ketones (excluding diaryl/α,β-unsaturated/α-hetero) is 1. The average molecular weight is 241 g/mol. The molecule has 0 bridgehead atoms. The van der Waals surface area contributed by atoms with Crippen LogP contribution in [0.2, 0.25) is 0 Å². The number of hydrogen-bond donors (Lipinski definition) is 0. The Balaban J connectivity index is 2.32. The molecule has 0 radical (unpaired) electrons. The second kappa shape index (κ2) is 4.58. The molecule has 0 saturated heterocycles. The second-order valence-corrected chi connectivity index (χ2v) is 5.55. The molecule has 0 spiro atoms. The molecular formula is C12H13ClOS. The molecule has 1 atom stereocenters. The minimum Gasteiger partial charge on any atom is -0.293 e. The smallest absolute Gasteiger partial charge is 0.180 e. The molecule has 1 nitrogen and oxygen atoms in total. The summed E-state index contributed by atoms with van der Waals surface area (Å²) in [6, 6.07) is 5.94. The Morgan fingerprint density at radius 2 is 2.33 bits per heavy atom. The van der Waals surface area contributed by atoms with Gasteiger partial charge in [0.2, 0.25) is 0 Å². The quantitative estimate of drug-likeness (QED) is 0.581. The number of fused-ring (bicyclic) bond motifs is 1. The van der Waals surface area contributed by atoms with E-state index in [1.165, 1.54) is 22.6 Å². The Morgan fingerprint density at radius 3 is 3.07 bits per heavy atom. The Bertz CT molecular complexity index is 387. The van der Waals surface area contributed by atoms with E-state index in [4.69, 9.17) is 11.6 Å². The van der Waals surface area contributed by atoms with E-state index in [0.717, 1.165) is 12.0 Å². The summed E-state index contributed by atoms with van der Waals surface area (Å²) in [5, 5.41) is -0.431. The summed E-state index contributed by atoms with van der Waals surface area (Å²) >= 11 is 7.66. The van der Waals surface area contributed by atoms with Crippen LogP contribution in [0.4, 0.5) is 0 Å². The first-order valence-electron chi connectivity index (χ1n) is 5.12. The summed E-state index contributed by atoms with van der Waals surface area (Å²) in [7, 11) is 0. The molecule has 0 aromatic heterocycles. The Labute approximate surface area is 99.2 Å². The van der Waals surface area contributed by atoms with E-state index in [1.807, 2.05) is 30.0 Å². The van der Waals surface area contributed by atoms with Gasteiger partial charge in [-0.25, -0.2) is 0 Å². The van der Waals surface area contributed by atoms with Crippen LogP contribution >= 0.6 is 23.4 Å². The second-order valence-electron chi connectivity index (χ2n) is 3.75. The molecule has 1 aromatic rings. The zero-order chi connectivity index (χ0) is 10.8. The van der Waals surface area contributed by atoms with Gasteiger partial charge in [0.15, 0.2) is 5.78 Å². The predicted molar refractivity (Wildman–Crippen MR) is 65.1 cm³/mol. The number of halogens is 1. The molecule has 1 heterocycles. The first kappa shape index (κ1) is 11.0. The van der Waals surface area contributed by atoms with Crippen LogP contribution in [0.5, 0.6) is 0 Å². The molecule has 80 valence electrons. The van der Waals surface area contributed by atoms with E-state index in [9.17, 15) is 4.79 Å². The first-order chi connectivity index (χ1) is 7.18. The SMILES string of the molecule is CC(Cl)C(=O)c1ccc2c(c1)CCCS2. The lowest BCUT2D eigenvalue weighted by Crippen LogP contribution is -2.11. The van der Waals surface area contributed by atoms with Crippen molar-refractivity contribution in [3.63, 3.8) is 0 Å². The number of ketones is 1. The van der Waals surface area contributed by atoms with Crippen molar-refractivity contribution in [1.82, 2.24) is 0 Å². The molecule has 1 aliphatic heterocycles. The highest BCUT2D eigenvalue weighted by molar-refractivity contribution is 7.99. The summed E-state index contributed by atoms with van der Waals surface area (Å²) in [6.07, 6.45) is 2.28. The van der Waals surface area contributed by atoms with Crippen LogP contribution in [-0.4, -0.2) is 16.9 Å². The Kier molecular flexibility index (Phi) is 3.37. The first-order valence-corrected chi connectivity index (χ1v) is 6.54. The highest BCUT2D eigenvalue weighted by Crippen LogP contribution is 2.30. The summed E-state index contributed by atoms with van der Waals surface area (Å²) < 4.78 is 0. The number of rotatable bonds is 2. The fourth-order valence-corrected chi connectivity index (χ4v) is 2.89. The van der Waals surface area contributed by atoms with Crippen LogP contribution in [0, 0.1) is 0 Å². The minimum atomic E-state index is -0.431. The summed E-state index contributed by atoms with van der Waals surface area (Å²) in [6.45, 7) is 1.72. The van der Waals surface area contributed by atoms with Gasteiger partial charge in [-0.2, -0.15) is 0 Å². The number of carbonyl (C=O) groups excluding carboxylic acids is 1. The molecule has 1 unspecified atom stereocenters. The van der Waals surface area contributed by atoms with Gasteiger partial charge in [0.1, 0.15) is 0 Å². The average Bonchev–Trinajstić information content (AvgIpc) is 2.27. The van der Waals surface area contributed by atoms with Gasteiger partial charge >= 0.3 is 0 Å². The van der Waals surface area contributed by atoms with Crippen molar-refractivity contribution in [2.45, 2.75) is 30.0 Å². The number of hydrogen-bond acceptors (Lipinski definition) is 2. The largest absolute Gasteiger partial charge is 0.293 e. The fraction of sp³-hybridized carbons (Fsp3) is 0.417. The minimum absolute atomic E-state index is 0.0232. The number of carbonyl (C=O) groups is 1. The Hall–Kier alpha value is -0.470. The third-order valence-corrected chi connectivity index (χ3v) is 3.95. The summed E-state index contributed by atoms with van der Waals surface area (Å²) in [5.41, 5.74) is 2.05. The van der Waals surface area contributed by atoms with Gasteiger partial charge in [-0.1, -0.05) is 6.07 Å². The van der Waals surface area contributed by atoms with Crippen LogP contribution in [0.1, 0.15) is 29.3 Å². The lowest BCUT2D eigenvalue weighted by Gasteiger charge is -2.15. The van der Waals surface area contributed by atoms with Gasteiger partial charge < -0.3 is 0 Å². The molecule has 3 heteroatoms. The number of alkyl halides is 1. The van der Waals surface area contributed by atoms with Crippen LogP contribution in [0.25, 0.3) is 0 Å². The maximum absolute atomic E-state index is 11.7. The van der Waals surface area contributed by atoms with Gasteiger partial charge in [-0.05, 0) is 43.2 Å². The Morgan fingerprint density at radius 1 is 1.53 bits per heavy atom. The normalized spacial score (nSPS) is 16.9. The van der Waals surface area contributed by atoms with E-state index in [2.05, 4.69) is 0 Å². The van der Waals surface area contributed by atoms with Crippen molar-refractivity contribution < 1.29 is 4.79 Å². The van der Waals surface area contributed by atoms with E-state index in [-0.39, 0.29) is 5.78 Å². The maximum atomic E-state index is 11.7. The predicted octanol–water partition coefficient (Wildman–Crippen LogP) is 3.53. The van der Waals surface area contributed by atoms with E-state index < -0.39 is 5.38 Å². The third-order valence-electron chi connectivity index (χ3n) is 2.55. The molecular weight excluding hydrogens is 228 g/mol. The monoisotopic (exact) mass is 240 g/mol. The van der Waals surface area contributed by atoms with E-state index in [1.54, 1.807) is 6.92 Å². The molecule has 15 heavy (non-hydrogen) atoms. The topological polar surface area (TPSA) is 17.1 Å². The van der Waals surface area contributed by atoms with Gasteiger partial charge in [0.05, 0.1) is 5.38 Å². The van der Waals surface area contributed by atoms with Crippen molar-refractivity contribution in [3.05, 3.63) is 29.3 Å². The van der Waals surface area contributed by atoms with Crippen LogP contribution in [0.3, 0.4) is 0 Å². The molecule has 1 aliphatic rings. The number of thioether (sulfide) groups is 1. The molecule has 0 aliphatic carbocycles. The molecule has 0 amide bonds. The fourth-order valence-electron chi connectivity index (χ4n) is 1.74. The third kappa shape index (κ3) is 2.37. The van der Waals surface area contributed by atoms with Crippen molar-refractivity contribution in [2.75, 3.05) is 5.75 Å². The molecule has 0 N–H and O–H groups in total. The lowest BCUT2D eigenvalue weighted by atomic mass is 10.0. The summed E-state index contributed by atoms with van der Waals surface area (Å²) in [5.74, 6) is 1.21. The molecule has 1 aromatic carbocycles.